The molecule has 8 heteroatoms. The molecule has 0 aliphatic carbocycles. The third-order valence-corrected chi connectivity index (χ3v) is 6.48. The Morgan fingerprint density at radius 3 is 1.83 bits per heavy atom. The van der Waals surface area contributed by atoms with Crippen LogP contribution in [0.1, 0.15) is 18.5 Å². The van der Waals surface area contributed by atoms with E-state index in [0.29, 0.717) is 5.56 Å². The molecule has 2 aromatic carbocycles. The van der Waals surface area contributed by atoms with Gasteiger partial charge in [0.1, 0.15) is 0 Å². The van der Waals surface area contributed by atoms with Gasteiger partial charge in [-0.05, 0) is 48.9 Å². The average Bonchev–Trinajstić information content (AvgIpc) is 2.46. The van der Waals surface area contributed by atoms with E-state index in [4.69, 9.17) is 0 Å². The Morgan fingerprint density at radius 1 is 0.870 bits per heavy atom. The summed E-state index contributed by atoms with van der Waals surface area (Å²) < 4.78 is 50.9. The highest BCUT2D eigenvalue weighted by molar-refractivity contribution is 9.10. The molecule has 0 heterocycles. The summed E-state index contributed by atoms with van der Waals surface area (Å²) in [5, 5.41) is 0. The molecule has 0 saturated carbocycles. The number of rotatable bonds is 5. The first-order valence-electron chi connectivity index (χ1n) is 6.67. The summed E-state index contributed by atoms with van der Waals surface area (Å²) in [6.07, 6.45) is 1.13. The van der Waals surface area contributed by atoms with Crippen LogP contribution < -0.4 is 4.72 Å². The SMILES string of the molecule is C[C@@H](NS(=O)(=O)c1ccc(Br)cc1)c1ccc(S(C)(=O)=O)cc1. The van der Waals surface area contributed by atoms with E-state index < -0.39 is 25.9 Å². The van der Waals surface area contributed by atoms with E-state index in [-0.39, 0.29) is 9.79 Å². The number of sulfone groups is 1. The third-order valence-electron chi connectivity index (χ3n) is 3.26. The van der Waals surface area contributed by atoms with Crippen LogP contribution in [0.25, 0.3) is 0 Å². The largest absolute Gasteiger partial charge is 0.241 e. The molecule has 0 amide bonds. The number of hydrogen-bond donors (Lipinski definition) is 1. The Kier molecular flexibility index (Phi) is 5.30. The summed E-state index contributed by atoms with van der Waals surface area (Å²) in [6.45, 7) is 1.70. The van der Waals surface area contributed by atoms with Crippen molar-refractivity contribution < 1.29 is 16.8 Å². The van der Waals surface area contributed by atoms with Crippen LogP contribution in [-0.2, 0) is 19.9 Å². The van der Waals surface area contributed by atoms with Crippen LogP contribution in [0.2, 0.25) is 0 Å². The highest BCUT2D eigenvalue weighted by atomic mass is 79.9. The lowest BCUT2D eigenvalue weighted by atomic mass is 10.1. The molecular weight excluding hydrogens is 402 g/mol. The third kappa shape index (κ3) is 4.63. The normalized spacial score (nSPS) is 13.7. The Labute approximate surface area is 144 Å². The maximum atomic E-state index is 12.3. The van der Waals surface area contributed by atoms with E-state index in [1.54, 1.807) is 31.2 Å². The molecule has 0 aliphatic heterocycles. The molecule has 124 valence electrons. The second-order valence-corrected chi connectivity index (χ2v) is 9.78. The van der Waals surface area contributed by atoms with Gasteiger partial charge in [-0.1, -0.05) is 28.1 Å². The molecule has 1 atom stereocenters. The van der Waals surface area contributed by atoms with Gasteiger partial charge in [0, 0.05) is 16.8 Å². The zero-order valence-corrected chi connectivity index (χ0v) is 15.7. The topological polar surface area (TPSA) is 80.3 Å². The van der Waals surface area contributed by atoms with Gasteiger partial charge in [-0.15, -0.1) is 0 Å². The first kappa shape index (κ1) is 18.1. The standard InChI is InChI=1S/C15H16BrNO4S2/c1-11(12-3-7-14(8-4-12)22(2,18)19)17-23(20,21)15-9-5-13(16)6-10-15/h3-11,17H,1-2H3/t11-/m1/s1. The number of nitrogens with one attached hydrogen (secondary N) is 1. The van der Waals surface area contributed by atoms with Crippen molar-refractivity contribution in [3.8, 4) is 0 Å². The van der Waals surface area contributed by atoms with Crippen molar-refractivity contribution in [3.63, 3.8) is 0 Å². The van der Waals surface area contributed by atoms with E-state index in [9.17, 15) is 16.8 Å². The molecule has 0 saturated heterocycles. The Hall–Kier alpha value is -1.22. The molecule has 0 aliphatic rings. The van der Waals surface area contributed by atoms with Crippen molar-refractivity contribution in [2.75, 3.05) is 6.26 Å². The highest BCUT2D eigenvalue weighted by Crippen LogP contribution is 2.20. The van der Waals surface area contributed by atoms with Crippen molar-refractivity contribution in [3.05, 3.63) is 58.6 Å². The van der Waals surface area contributed by atoms with E-state index in [1.807, 2.05) is 0 Å². The molecule has 0 aromatic heterocycles. The van der Waals surface area contributed by atoms with Gasteiger partial charge >= 0.3 is 0 Å². The summed E-state index contributed by atoms with van der Waals surface area (Å²) in [6, 6.07) is 12.0. The van der Waals surface area contributed by atoms with Crippen molar-refractivity contribution in [2.45, 2.75) is 22.8 Å². The van der Waals surface area contributed by atoms with Crippen LogP contribution >= 0.6 is 15.9 Å². The quantitative estimate of drug-likeness (QED) is 0.810. The second kappa shape index (κ2) is 6.72. The Morgan fingerprint density at radius 2 is 1.35 bits per heavy atom. The number of halogens is 1. The molecule has 1 N–H and O–H groups in total. The van der Waals surface area contributed by atoms with Gasteiger partial charge in [-0.25, -0.2) is 21.6 Å². The molecule has 23 heavy (non-hydrogen) atoms. The van der Waals surface area contributed by atoms with Crippen LogP contribution in [0, 0.1) is 0 Å². The number of sulfonamides is 1. The minimum Gasteiger partial charge on any atom is -0.224 e. The lowest BCUT2D eigenvalue weighted by Crippen LogP contribution is -2.26. The van der Waals surface area contributed by atoms with Crippen molar-refractivity contribution in [2.24, 2.45) is 0 Å². The van der Waals surface area contributed by atoms with Crippen LogP contribution in [0.15, 0.2) is 62.8 Å². The predicted molar refractivity (Wildman–Crippen MR) is 92.4 cm³/mol. The Bertz CT molecular complexity index is 889. The fraction of sp³-hybridized carbons (Fsp3) is 0.200. The predicted octanol–water partition coefficient (Wildman–Crippen LogP) is 2.89. The van der Waals surface area contributed by atoms with Gasteiger partial charge < -0.3 is 0 Å². The zero-order chi connectivity index (χ0) is 17.3. The van der Waals surface area contributed by atoms with Crippen LogP contribution in [0.5, 0.6) is 0 Å². The summed E-state index contributed by atoms with van der Waals surface area (Å²) >= 11 is 3.26. The molecule has 0 spiro atoms. The second-order valence-electron chi connectivity index (χ2n) is 5.14. The summed E-state index contributed by atoms with van der Waals surface area (Å²) in [5.74, 6) is 0. The van der Waals surface area contributed by atoms with Crippen LogP contribution in [0.3, 0.4) is 0 Å². The van der Waals surface area contributed by atoms with Crippen LogP contribution in [-0.4, -0.2) is 23.1 Å². The van der Waals surface area contributed by atoms with Crippen molar-refractivity contribution >= 4 is 35.8 Å². The molecular formula is C15H16BrNO4S2. The van der Waals surface area contributed by atoms with Gasteiger partial charge in [0.15, 0.2) is 9.84 Å². The molecule has 0 bridgehead atoms. The van der Waals surface area contributed by atoms with Gasteiger partial charge in [-0.2, -0.15) is 0 Å². The number of benzene rings is 2. The molecule has 5 nitrogen and oxygen atoms in total. The molecule has 0 unspecified atom stereocenters. The van der Waals surface area contributed by atoms with E-state index in [2.05, 4.69) is 20.7 Å². The zero-order valence-electron chi connectivity index (χ0n) is 12.5. The first-order valence-corrected chi connectivity index (χ1v) is 10.8. The summed E-state index contributed by atoms with van der Waals surface area (Å²) in [7, 11) is -6.92. The average molecular weight is 418 g/mol. The van der Waals surface area contributed by atoms with Gasteiger partial charge in [-0.3, -0.25) is 0 Å². The minimum atomic E-state index is -3.65. The maximum Gasteiger partial charge on any atom is 0.241 e. The van der Waals surface area contributed by atoms with Crippen molar-refractivity contribution in [1.29, 1.82) is 0 Å². The van der Waals surface area contributed by atoms with Gasteiger partial charge in [0.05, 0.1) is 9.79 Å². The smallest absolute Gasteiger partial charge is 0.224 e. The van der Waals surface area contributed by atoms with Gasteiger partial charge in [0.2, 0.25) is 10.0 Å². The lowest BCUT2D eigenvalue weighted by Gasteiger charge is -2.15. The summed E-state index contributed by atoms with van der Waals surface area (Å²) in [4.78, 5) is 0.365. The molecule has 2 aromatic rings. The van der Waals surface area contributed by atoms with E-state index in [0.717, 1.165) is 10.7 Å². The first-order chi connectivity index (χ1) is 10.6. The van der Waals surface area contributed by atoms with E-state index in [1.165, 1.54) is 24.3 Å². The molecule has 2 rings (SSSR count). The summed E-state index contributed by atoms with van der Waals surface area (Å²) in [5.41, 5.74) is 0.679. The van der Waals surface area contributed by atoms with Gasteiger partial charge in [0.25, 0.3) is 0 Å². The lowest BCUT2D eigenvalue weighted by molar-refractivity contribution is 0.566. The molecule has 0 fully saturated rings. The Balaban J connectivity index is 2.21. The minimum absolute atomic E-state index is 0.167. The monoisotopic (exact) mass is 417 g/mol. The number of hydrogen-bond acceptors (Lipinski definition) is 4. The fourth-order valence-electron chi connectivity index (χ4n) is 1.99. The fourth-order valence-corrected chi connectivity index (χ4v) is 4.11. The molecule has 0 radical (unpaired) electrons. The van der Waals surface area contributed by atoms with E-state index >= 15 is 0 Å². The maximum absolute atomic E-state index is 12.3. The van der Waals surface area contributed by atoms with Crippen LogP contribution in [0.4, 0.5) is 0 Å². The highest BCUT2D eigenvalue weighted by Gasteiger charge is 2.18. The van der Waals surface area contributed by atoms with Crippen molar-refractivity contribution in [1.82, 2.24) is 4.72 Å².